The highest BCUT2D eigenvalue weighted by Gasteiger charge is 2.30. The minimum atomic E-state index is -0.108. The zero-order chi connectivity index (χ0) is 19.9. The molecule has 2 heterocycles. The number of carbonyl (C=O) groups excluding carboxylic acids is 1. The van der Waals surface area contributed by atoms with Crippen molar-refractivity contribution in [3.8, 4) is 11.4 Å². The standard InChI is InChI=1S/C23H25N3O2/c1-23(2,3)20-14-21-25(15-16-9-11-18(28-4)12-10-16)22(27)13-17-7-5-6-8-19(17)26(21)24-20/h5-12,14H,13,15H2,1-4H3. The van der Waals surface area contributed by atoms with Gasteiger partial charge >= 0.3 is 0 Å². The van der Waals surface area contributed by atoms with Crippen molar-refractivity contribution in [1.82, 2.24) is 9.78 Å². The molecule has 0 fully saturated rings. The van der Waals surface area contributed by atoms with Gasteiger partial charge in [0.1, 0.15) is 11.6 Å². The highest BCUT2D eigenvalue weighted by molar-refractivity contribution is 5.96. The summed E-state index contributed by atoms with van der Waals surface area (Å²) in [4.78, 5) is 15.0. The van der Waals surface area contributed by atoms with Gasteiger partial charge in [0, 0.05) is 11.5 Å². The number of carbonyl (C=O) groups is 1. The van der Waals surface area contributed by atoms with Crippen molar-refractivity contribution >= 4 is 11.7 Å². The van der Waals surface area contributed by atoms with Crippen molar-refractivity contribution in [1.29, 1.82) is 0 Å². The van der Waals surface area contributed by atoms with Gasteiger partial charge in [-0.2, -0.15) is 5.10 Å². The molecule has 0 unspecified atom stereocenters. The van der Waals surface area contributed by atoms with Crippen LogP contribution < -0.4 is 9.64 Å². The molecular weight excluding hydrogens is 350 g/mol. The van der Waals surface area contributed by atoms with Crippen LogP contribution in [-0.2, 0) is 23.2 Å². The van der Waals surface area contributed by atoms with E-state index in [1.807, 2.05) is 64.2 Å². The first-order valence-corrected chi connectivity index (χ1v) is 9.49. The molecule has 144 valence electrons. The fraction of sp³-hybridized carbons (Fsp3) is 0.304. The van der Waals surface area contributed by atoms with Crippen LogP contribution >= 0.6 is 0 Å². The Morgan fingerprint density at radius 3 is 2.46 bits per heavy atom. The molecular formula is C23H25N3O2. The smallest absolute Gasteiger partial charge is 0.232 e. The summed E-state index contributed by atoms with van der Waals surface area (Å²) >= 11 is 0. The molecule has 1 aliphatic heterocycles. The van der Waals surface area contributed by atoms with E-state index in [2.05, 4.69) is 20.8 Å². The molecule has 5 nitrogen and oxygen atoms in total. The number of methoxy groups -OCH3 is 1. The second-order valence-electron chi connectivity index (χ2n) is 8.18. The van der Waals surface area contributed by atoms with Crippen LogP contribution in [-0.4, -0.2) is 22.8 Å². The minimum absolute atomic E-state index is 0.0716. The second-order valence-corrected chi connectivity index (χ2v) is 8.18. The van der Waals surface area contributed by atoms with Crippen LogP contribution in [0, 0.1) is 0 Å². The number of fused-ring (bicyclic) bond motifs is 3. The van der Waals surface area contributed by atoms with Crippen LogP contribution in [0.2, 0.25) is 0 Å². The third-order valence-corrected chi connectivity index (χ3v) is 5.10. The van der Waals surface area contributed by atoms with Crippen molar-refractivity contribution in [3.63, 3.8) is 0 Å². The Hall–Kier alpha value is -3.08. The number of hydrogen-bond acceptors (Lipinski definition) is 3. The molecule has 0 N–H and O–H groups in total. The maximum absolute atomic E-state index is 13.2. The largest absolute Gasteiger partial charge is 0.497 e. The molecule has 0 radical (unpaired) electrons. The van der Waals surface area contributed by atoms with Crippen molar-refractivity contribution in [2.24, 2.45) is 0 Å². The summed E-state index contributed by atoms with van der Waals surface area (Å²) in [5.41, 5.74) is 3.87. The third kappa shape index (κ3) is 3.28. The fourth-order valence-corrected chi connectivity index (χ4v) is 3.44. The molecule has 0 saturated heterocycles. The summed E-state index contributed by atoms with van der Waals surface area (Å²) in [6, 6.07) is 17.9. The van der Waals surface area contributed by atoms with Crippen LogP contribution in [0.5, 0.6) is 5.75 Å². The van der Waals surface area contributed by atoms with Gasteiger partial charge in [0.2, 0.25) is 5.91 Å². The molecule has 3 aromatic rings. The zero-order valence-corrected chi connectivity index (χ0v) is 16.8. The first kappa shape index (κ1) is 18.3. The summed E-state index contributed by atoms with van der Waals surface area (Å²) in [5, 5.41) is 4.88. The van der Waals surface area contributed by atoms with Crippen LogP contribution in [0.4, 0.5) is 5.82 Å². The molecule has 4 rings (SSSR count). The lowest BCUT2D eigenvalue weighted by Gasteiger charge is -2.21. The maximum atomic E-state index is 13.2. The summed E-state index contributed by atoms with van der Waals surface area (Å²) in [5.74, 6) is 1.69. The molecule has 0 bridgehead atoms. The Kier molecular flexibility index (Phi) is 4.46. The lowest BCUT2D eigenvalue weighted by molar-refractivity contribution is -0.118. The number of para-hydroxylation sites is 1. The number of nitrogens with zero attached hydrogens (tertiary/aromatic N) is 3. The predicted molar refractivity (Wildman–Crippen MR) is 110 cm³/mol. The zero-order valence-electron chi connectivity index (χ0n) is 16.8. The van der Waals surface area contributed by atoms with Gasteiger partial charge in [-0.05, 0) is 29.3 Å². The van der Waals surface area contributed by atoms with E-state index in [4.69, 9.17) is 9.84 Å². The highest BCUT2D eigenvalue weighted by atomic mass is 16.5. The van der Waals surface area contributed by atoms with Gasteiger partial charge in [-0.25, -0.2) is 4.68 Å². The van der Waals surface area contributed by atoms with Gasteiger partial charge in [0.05, 0.1) is 31.5 Å². The van der Waals surface area contributed by atoms with Crippen molar-refractivity contribution in [2.45, 2.75) is 39.2 Å². The highest BCUT2D eigenvalue weighted by Crippen LogP contribution is 2.33. The molecule has 0 atom stereocenters. The van der Waals surface area contributed by atoms with Gasteiger partial charge in [-0.1, -0.05) is 51.1 Å². The van der Waals surface area contributed by atoms with Gasteiger partial charge in [-0.3, -0.25) is 9.69 Å². The van der Waals surface area contributed by atoms with Crippen LogP contribution in [0.15, 0.2) is 54.6 Å². The maximum Gasteiger partial charge on any atom is 0.232 e. The Labute approximate surface area is 165 Å². The first-order valence-electron chi connectivity index (χ1n) is 9.49. The van der Waals surface area contributed by atoms with Crippen LogP contribution in [0.25, 0.3) is 5.69 Å². The summed E-state index contributed by atoms with van der Waals surface area (Å²) in [6.45, 7) is 6.90. The molecule has 1 amide bonds. The number of hydrogen-bond donors (Lipinski definition) is 0. The number of benzene rings is 2. The number of amides is 1. The van der Waals surface area contributed by atoms with Crippen molar-refractivity contribution < 1.29 is 9.53 Å². The molecule has 5 heteroatoms. The fourth-order valence-electron chi connectivity index (χ4n) is 3.44. The Morgan fingerprint density at radius 2 is 1.79 bits per heavy atom. The van der Waals surface area contributed by atoms with E-state index in [1.54, 1.807) is 7.11 Å². The van der Waals surface area contributed by atoms with E-state index in [0.29, 0.717) is 13.0 Å². The average Bonchev–Trinajstić information content (AvgIpc) is 3.08. The van der Waals surface area contributed by atoms with Gasteiger partial charge in [0.25, 0.3) is 0 Å². The van der Waals surface area contributed by atoms with Gasteiger partial charge < -0.3 is 4.74 Å². The third-order valence-electron chi connectivity index (χ3n) is 5.10. The summed E-state index contributed by atoms with van der Waals surface area (Å²) in [6.07, 6.45) is 0.362. The molecule has 1 aromatic heterocycles. The van der Waals surface area contributed by atoms with E-state index < -0.39 is 0 Å². The topological polar surface area (TPSA) is 47.4 Å². The minimum Gasteiger partial charge on any atom is -0.497 e. The van der Waals surface area contributed by atoms with E-state index in [-0.39, 0.29) is 11.3 Å². The quantitative estimate of drug-likeness (QED) is 0.687. The Morgan fingerprint density at radius 1 is 1.07 bits per heavy atom. The number of rotatable bonds is 3. The summed E-state index contributed by atoms with van der Waals surface area (Å²) in [7, 11) is 1.65. The SMILES string of the molecule is COc1ccc(CN2C(=O)Cc3ccccc3-n3nc(C(C)(C)C)cc32)cc1. The number of ether oxygens (including phenoxy) is 1. The van der Waals surface area contributed by atoms with Crippen molar-refractivity contribution in [2.75, 3.05) is 12.0 Å². The number of aromatic nitrogens is 2. The number of anilines is 1. The van der Waals surface area contributed by atoms with Gasteiger partial charge in [-0.15, -0.1) is 0 Å². The van der Waals surface area contributed by atoms with E-state index >= 15 is 0 Å². The molecule has 0 aliphatic carbocycles. The normalized spacial score (nSPS) is 13.7. The Balaban J connectivity index is 1.81. The molecule has 2 aromatic carbocycles. The average molecular weight is 375 g/mol. The molecule has 0 spiro atoms. The lowest BCUT2D eigenvalue weighted by atomic mass is 9.92. The molecule has 28 heavy (non-hydrogen) atoms. The second kappa shape index (κ2) is 6.82. The van der Waals surface area contributed by atoms with Crippen LogP contribution in [0.1, 0.15) is 37.6 Å². The van der Waals surface area contributed by atoms with Crippen LogP contribution in [0.3, 0.4) is 0 Å². The van der Waals surface area contributed by atoms with Crippen molar-refractivity contribution in [3.05, 3.63) is 71.4 Å². The summed E-state index contributed by atoms with van der Waals surface area (Å²) < 4.78 is 7.17. The molecule has 0 saturated carbocycles. The Bertz CT molecular complexity index is 1010. The molecule has 1 aliphatic rings. The van der Waals surface area contributed by atoms with Gasteiger partial charge in [0.15, 0.2) is 0 Å². The van der Waals surface area contributed by atoms with E-state index in [0.717, 1.165) is 34.1 Å². The van der Waals surface area contributed by atoms with E-state index in [1.165, 1.54) is 0 Å². The van der Waals surface area contributed by atoms with E-state index in [9.17, 15) is 4.79 Å². The first-order chi connectivity index (χ1) is 13.4. The lowest BCUT2D eigenvalue weighted by Crippen LogP contribution is -2.31. The monoisotopic (exact) mass is 375 g/mol. The predicted octanol–water partition coefficient (Wildman–Crippen LogP) is 4.27.